The third-order valence-corrected chi connectivity index (χ3v) is 8.30. The minimum absolute atomic E-state index is 0.0328. The minimum atomic E-state index is -1.44. The highest BCUT2D eigenvalue weighted by Crippen LogP contribution is 2.55. The molecule has 1 aromatic carbocycles. The zero-order chi connectivity index (χ0) is 24.6. The summed E-state index contributed by atoms with van der Waals surface area (Å²) in [6.45, 7) is 7.67. The average molecular weight is 466 g/mol. The Morgan fingerprint density at radius 2 is 1.79 bits per heavy atom. The number of aliphatic hydroxyl groups excluding tert-OH is 1. The summed E-state index contributed by atoms with van der Waals surface area (Å²) in [5.74, 6) is -2.00. The highest BCUT2D eigenvalue weighted by atomic mass is 17.1. The number of allylic oxidation sites excluding steroid dienone is 2. The molecule has 3 N–H and O–H groups in total. The van der Waals surface area contributed by atoms with Crippen molar-refractivity contribution in [2.45, 2.75) is 58.8 Å². The van der Waals surface area contributed by atoms with Crippen LogP contribution in [0.2, 0.25) is 0 Å². The van der Waals surface area contributed by atoms with Gasteiger partial charge in [-0.1, -0.05) is 68.0 Å². The molecule has 0 bridgehead atoms. The molecule has 1 fully saturated rings. The summed E-state index contributed by atoms with van der Waals surface area (Å²) >= 11 is 0. The summed E-state index contributed by atoms with van der Waals surface area (Å²) in [4.78, 5) is 32.8. The third kappa shape index (κ3) is 3.88. The molecule has 6 nitrogen and oxygen atoms in total. The fourth-order valence-corrected chi connectivity index (χ4v) is 6.26. The van der Waals surface area contributed by atoms with Gasteiger partial charge in [0.1, 0.15) is 11.5 Å². The molecule has 0 radical (unpaired) electrons. The zero-order valence-electron chi connectivity index (χ0n) is 20.3. The van der Waals surface area contributed by atoms with Crippen molar-refractivity contribution in [3.63, 3.8) is 0 Å². The predicted octanol–water partition coefficient (Wildman–Crippen LogP) is 3.87. The Labute approximate surface area is 201 Å². The van der Waals surface area contributed by atoms with Crippen molar-refractivity contribution >= 4 is 11.7 Å². The number of carbonyl (C=O) groups excluding carboxylic acids is 2. The van der Waals surface area contributed by atoms with Gasteiger partial charge in [-0.15, -0.1) is 0 Å². The number of benzene rings is 1. The second-order valence-electron chi connectivity index (χ2n) is 10.2. The van der Waals surface area contributed by atoms with Gasteiger partial charge in [-0.2, -0.15) is 0 Å². The molecule has 6 heteroatoms. The smallest absolute Gasteiger partial charge is 0.235 e. The fourth-order valence-electron chi connectivity index (χ4n) is 6.26. The van der Waals surface area contributed by atoms with Crippen molar-refractivity contribution in [2.24, 2.45) is 29.1 Å². The van der Waals surface area contributed by atoms with Crippen LogP contribution in [-0.2, 0) is 20.9 Å². The van der Waals surface area contributed by atoms with Crippen molar-refractivity contribution < 1.29 is 24.8 Å². The zero-order valence-corrected chi connectivity index (χ0v) is 20.3. The van der Waals surface area contributed by atoms with Crippen LogP contribution in [0.15, 0.2) is 65.8 Å². The molecule has 34 heavy (non-hydrogen) atoms. The van der Waals surface area contributed by atoms with Gasteiger partial charge in [0, 0.05) is 23.8 Å². The lowest BCUT2D eigenvalue weighted by Crippen LogP contribution is -2.55. The number of amides is 1. The van der Waals surface area contributed by atoms with E-state index in [1.807, 2.05) is 70.2 Å². The van der Waals surface area contributed by atoms with Crippen molar-refractivity contribution in [2.75, 3.05) is 0 Å². The fraction of sp³-hybridized carbons (Fsp3) is 0.500. The van der Waals surface area contributed by atoms with E-state index in [0.29, 0.717) is 12.8 Å². The average Bonchev–Trinajstić information content (AvgIpc) is 3.11. The molecule has 0 aromatic heterocycles. The van der Waals surface area contributed by atoms with E-state index >= 15 is 0 Å². The van der Waals surface area contributed by atoms with Crippen molar-refractivity contribution in [3.8, 4) is 0 Å². The number of ketones is 1. The molecule has 8 atom stereocenters. The Kier molecular flexibility index (Phi) is 6.94. The first-order valence-electron chi connectivity index (χ1n) is 12.1. The topological polar surface area (TPSA) is 95.9 Å². The van der Waals surface area contributed by atoms with E-state index in [0.717, 1.165) is 16.7 Å². The summed E-state index contributed by atoms with van der Waals surface area (Å²) in [6, 6.07) is 9.65. The van der Waals surface area contributed by atoms with E-state index < -0.39 is 29.5 Å². The number of hydrogen-bond acceptors (Lipinski definition) is 5. The summed E-state index contributed by atoms with van der Waals surface area (Å²) in [5.41, 5.74) is 1.36. The highest BCUT2D eigenvalue weighted by Gasteiger charge is 2.66. The molecule has 0 saturated carbocycles. The highest BCUT2D eigenvalue weighted by molar-refractivity contribution is 6.14. The molecule has 2 aliphatic carbocycles. The molecule has 1 amide bonds. The van der Waals surface area contributed by atoms with Crippen LogP contribution in [0.4, 0.5) is 0 Å². The lowest BCUT2D eigenvalue weighted by molar-refractivity contribution is -0.284. The van der Waals surface area contributed by atoms with Gasteiger partial charge in [0.05, 0.1) is 6.10 Å². The molecule has 1 aliphatic heterocycles. The summed E-state index contributed by atoms with van der Waals surface area (Å²) < 4.78 is 0. The molecule has 1 saturated heterocycles. The van der Waals surface area contributed by atoms with Crippen molar-refractivity contribution in [1.82, 2.24) is 5.32 Å². The van der Waals surface area contributed by atoms with Gasteiger partial charge in [0.2, 0.25) is 5.91 Å². The number of nitrogens with one attached hydrogen (secondary N) is 1. The predicted molar refractivity (Wildman–Crippen MR) is 130 cm³/mol. The minimum Gasteiger partial charge on any atom is -0.392 e. The van der Waals surface area contributed by atoms with Gasteiger partial charge < -0.3 is 10.4 Å². The first kappa shape index (κ1) is 24.6. The maximum atomic E-state index is 14.0. The van der Waals surface area contributed by atoms with Gasteiger partial charge >= 0.3 is 0 Å². The van der Waals surface area contributed by atoms with Crippen molar-refractivity contribution in [3.05, 3.63) is 71.3 Å². The lowest BCUT2D eigenvalue weighted by atomic mass is 9.55. The van der Waals surface area contributed by atoms with Crippen LogP contribution in [0, 0.1) is 29.1 Å². The largest absolute Gasteiger partial charge is 0.392 e. The number of aliphatic hydroxyl groups is 1. The molecular formula is C28H35NO5. The first-order chi connectivity index (χ1) is 16.2. The molecule has 1 aromatic rings. The van der Waals surface area contributed by atoms with Gasteiger partial charge in [0.25, 0.3) is 0 Å². The first-order valence-corrected chi connectivity index (χ1v) is 12.1. The lowest BCUT2D eigenvalue weighted by Gasteiger charge is -2.46. The van der Waals surface area contributed by atoms with Crippen LogP contribution in [0.5, 0.6) is 0 Å². The number of rotatable bonds is 3. The molecule has 4 rings (SSSR count). The monoisotopic (exact) mass is 465 g/mol. The van der Waals surface area contributed by atoms with Crippen LogP contribution in [0.3, 0.4) is 0 Å². The summed E-state index contributed by atoms with van der Waals surface area (Å²) in [7, 11) is 0. The van der Waals surface area contributed by atoms with Crippen LogP contribution in [0.25, 0.3) is 0 Å². The van der Waals surface area contributed by atoms with Crippen LogP contribution in [-0.4, -0.2) is 40.3 Å². The van der Waals surface area contributed by atoms with E-state index in [1.165, 1.54) is 6.08 Å². The van der Waals surface area contributed by atoms with Gasteiger partial charge in [-0.25, -0.2) is 4.89 Å². The Balaban J connectivity index is 1.89. The second kappa shape index (κ2) is 9.61. The quantitative estimate of drug-likeness (QED) is 0.273. The van der Waals surface area contributed by atoms with E-state index in [4.69, 9.17) is 4.89 Å². The van der Waals surface area contributed by atoms with E-state index in [1.54, 1.807) is 6.08 Å². The SMILES string of the molecule is CC1=C(C)[C@H](OO)[C@H]2C=CC[C@@H](C)[C@H](O)[C@H](C)C=CC(=O)[C@@]23C(=O)N[C@H](Cc2ccccc2)[C@@H]13. The van der Waals surface area contributed by atoms with Crippen LogP contribution in [0.1, 0.15) is 39.7 Å². The maximum Gasteiger partial charge on any atom is 0.235 e. The van der Waals surface area contributed by atoms with Crippen LogP contribution < -0.4 is 5.32 Å². The molecule has 182 valence electrons. The standard InChI is InChI=1S/C28H35NO5/c1-16-9-8-12-21-26(34-33)19(4)18(3)24-22(15-20-10-6-5-7-11-20)29-27(32)28(21,24)23(30)14-13-17(2)25(16)31/h5-8,10-14,16-17,21-22,24-26,31,33H,9,15H2,1-4H3,(H,29,32)/t16-,17-,21-,22-,24-,25+,26+,28+/m1/s1. The molecular weight excluding hydrogens is 430 g/mol. The van der Waals surface area contributed by atoms with Gasteiger partial charge in [-0.05, 0) is 49.8 Å². The second-order valence-corrected chi connectivity index (χ2v) is 10.2. The summed E-state index contributed by atoms with van der Waals surface area (Å²) in [6.07, 6.45) is 6.69. The Hall–Kier alpha value is -2.54. The van der Waals surface area contributed by atoms with Gasteiger partial charge in [0.15, 0.2) is 5.78 Å². The Morgan fingerprint density at radius 3 is 2.47 bits per heavy atom. The Morgan fingerprint density at radius 1 is 1.09 bits per heavy atom. The molecule has 0 unspecified atom stereocenters. The van der Waals surface area contributed by atoms with Crippen molar-refractivity contribution in [1.29, 1.82) is 0 Å². The normalized spacial score (nSPS) is 38.2. The third-order valence-electron chi connectivity index (χ3n) is 8.30. The molecule has 3 aliphatic rings. The maximum absolute atomic E-state index is 14.0. The van der Waals surface area contributed by atoms with Gasteiger partial charge in [-0.3, -0.25) is 14.8 Å². The van der Waals surface area contributed by atoms with E-state index in [2.05, 4.69) is 5.32 Å². The van der Waals surface area contributed by atoms with E-state index in [-0.39, 0.29) is 29.6 Å². The number of carbonyl (C=O) groups is 2. The number of hydrogen-bond donors (Lipinski definition) is 3. The molecule has 1 heterocycles. The van der Waals surface area contributed by atoms with Crippen LogP contribution >= 0.6 is 0 Å². The molecule has 1 spiro atoms. The summed E-state index contributed by atoms with van der Waals surface area (Å²) in [5, 5.41) is 23.7. The van der Waals surface area contributed by atoms with E-state index in [9.17, 15) is 20.0 Å². The Bertz CT molecular complexity index is 1030.